The van der Waals surface area contributed by atoms with Gasteiger partial charge in [-0.15, -0.1) is 0 Å². The highest BCUT2D eigenvalue weighted by Crippen LogP contribution is 2.28. The van der Waals surface area contributed by atoms with Crippen molar-refractivity contribution in [1.82, 2.24) is 9.21 Å². The van der Waals surface area contributed by atoms with Crippen LogP contribution in [0.25, 0.3) is 0 Å². The summed E-state index contributed by atoms with van der Waals surface area (Å²) in [6, 6.07) is 11.0. The largest absolute Gasteiger partial charge is 0.496 e. The van der Waals surface area contributed by atoms with Gasteiger partial charge in [-0.1, -0.05) is 12.1 Å². The molecule has 2 heterocycles. The number of benzene rings is 2. The summed E-state index contributed by atoms with van der Waals surface area (Å²) in [5.74, 6) is -0.524. The molecule has 4 rings (SSSR count). The SMILES string of the molecule is COc1ccc(S(=O)(=O)N2CCCC2)cc1C(=O)Nc1ccccc1C(=O)N1CCOCC1. The molecule has 2 aromatic carbocycles. The molecule has 0 aromatic heterocycles. The number of ether oxygens (including phenoxy) is 2. The third-order valence-electron chi connectivity index (χ3n) is 5.82. The Labute approximate surface area is 193 Å². The van der Waals surface area contributed by atoms with Crippen LogP contribution < -0.4 is 10.1 Å². The van der Waals surface area contributed by atoms with E-state index in [2.05, 4.69) is 5.32 Å². The molecular weight excluding hydrogens is 446 g/mol. The maximum atomic E-state index is 13.2. The summed E-state index contributed by atoms with van der Waals surface area (Å²) in [7, 11) is -2.29. The van der Waals surface area contributed by atoms with Gasteiger partial charge in [0.15, 0.2) is 0 Å². The van der Waals surface area contributed by atoms with Crippen LogP contribution in [0.1, 0.15) is 33.6 Å². The Hall–Kier alpha value is -2.95. The average Bonchev–Trinajstić information content (AvgIpc) is 3.40. The summed E-state index contributed by atoms with van der Waals surface area (Å²) in [5.41, 5.74) is 0.771. The molecule has 2 aromatic rings. The lowest BCUT2D eigenvalue weighted by molar-refractivity contribution is 0.0303. The molecule has 2 aliphatic heterocycles. The van der Waals surface area contributed by atoms with E-state index >= 15 is 0 Å². The lowest BCUT2D eigenvalue weighted by Crippen LogP contribution is -2.41. The van der Waals surface area contributed by atoms with Gasteiger partial charge in [0.05, 0.1) is 42.0 Å². The minimum absolute atomic E-state index is 0.0352. The van der Waals surface area contributed by atoms with E-state index in [9.17, 15) is 18.0 Å². The number of nitrogens with zero attached hydrogens (tertiary/aromatic N) is 2. The highest BCUT2D eigenvalue weighted by Gasteiger charge is 2.29. The third-order valence-corrected chi connectivity index (χ3v) is 7.72. The number of carbonyl (C=O) groups excluding carboxylic acids is 2. The molecule has 0 radical (unpaired) electrons. The Balaban J connectivity index is 1.62. The first-order valence-corrected chi connectivity index (χ1v) is 12.3. The van der Waals surface area contributed by atoms with Crippen molar-refractivity contribution in [3.8, 4) is 5.75 Å². The van der Waals surface area contributed by atoms with Gasteiger partial charge < -0.3 is 19.7 Å². The molecule has 2 saturated heterocycles. The van der Waals surface area contributed by atoms with Gasteiger partial charge in [0.25, 0.3) is 11.8 Å². The van der Waals surface area contributed by atoms with E-state index in [1.165, 1.54) is 29.6 Å². The number of hydrogen-bond donors (Lipinski definition) is 1. The summed E-state index contributed by atoms with van der Waals surface area (Å²) in [5, 5.41) is 2.76. The Morgan fingerprint density at radius 3 is 2.36 bits per heavy atom. The first kappa shape index (κ1) is 23.2. The minimum Gasteiger partial charge on any atom is -0.496 e. The average molecular weight is 474 g/mol. The van der Waals surface area contributed by atoms with Gasteiger partial charge >= 0.3 is 0 Å². The van der Waals surface area contributed by atoms with E-state index in [-0.39, 0.29) is 22.1 Å². The maximum Gasteiger partial charge on any atom is 0.259 e. The first-order valence-electron chi connectivity index (χ1n) is 10.9. The molecule has 0 unspecified atom stereocenters. The quantitative estimate of drug-likeness (QED) is 0.690. The van der Waals surface area contributed by atoms with Crippen molar-refractivity contribution in [2.45, 2.75) is 17.7 Å². The van der Waals surface area contributed by atoms with Crippen LogP contribution in [0, 0.1) is 0 Å². The van der Waals surface area contributed by atoms with Crippen LogP contribution in [0.2, 0.25) is 0 Å². The summed E-state index contributed by atoms with van der Waals surface area (Å²) in [4.78, 5) is 27.9. The lowest BCUT2D eigenvalue weighted by atomic mass is 10.1. The Morgan fingerprint density at radius 1 is 0.970 bits per heavy atom. The van der Waals surface area contributed by atoms with Gasteiger partial charge in [-0.2, -0.15) is 4.31 Å². The highest BCUT2D eigenvalue weighted by atomic mass is 32.2. The number of carbonyl (C=O) groups is 2. The van der Waals surface area contributed by atoms with Gasteiger partial charge in [0, 0.05) is 26.2 Å². The van der Waals surface area contributed by atoms with Crippen LogP contribution >= 0.6 is 0 Å². The molecule has 1 N–H and O–H groups in total. The maximum absolute atomic E-state index is 13.2. The summed E-state index contributed by atoms with van der Waals surface area (Å²) in [6.07, 6.45) is 1.63. The zero-order chi connectivity index (χ0) is 23.4. The molecule has 2 aliphatic rings. The van der Waals surface area contributed by atoms with Crippen LogP contribution in [-0.2, 0) is 14.8 Å². The second-order valence-electron chi connectivity index (χ2n) is 7.88. The van der Waals surface area contributed by atoms with Gasteiger partial charge in [0.1, 0.15) is 5.75 Å². The summed E-state index contributed by atoms with van der Waals surface area (Å²) < 4.78 is 38.0. The zero-order valence-corrected chi connectivity index (χ0v) is 19.3. The van der Waals surface area contributed by atoms with E-state index in [1.807, 2.05) is 0 Å². The Morgan fingerprint density at radius 2 is 1.67 bits per heavy atom. The van der Waals surface area contributed by atoms with Crippen molar-refractivity contribution in [1.29, 1.82) is 0 Å². The molecule has 0 saturated carbocycles. The summed E-state index contributed by atoms with van der Waals surface area (Å²) >= 11 is 0. The van der Waals surface area contributed by atoms with Gasteiger partial charge in [0.2, 0.25) is 10.0 Å². The van der Waals surface area contributed by atoms with E-state index in [0.29, 0.717) is 50.6 Å². The number of hydrogen-bond acceptors (Lipinski definition) is 6. The zero-order valence-electron chi connectivity index (χ0n) is 18.5. The van der Waals surface area contributed by atoms with E-state index in [1.54, 1.807) is 29.2 Å². The molecule has 0 atom stereocenters. The van der Waals surface area contributed by atoms with Gasteiger partial charge in [-0.3, -0.25) is 9.59 Å². The number of para-hydroxylation sites is 1. The Kier molecular flexibility index (Phi) is 6.96. The van der Waals surface area contributed by atoms with Crippen molar-refractivity contribution >= 4 is 27.5 Å². The normalized spacial score (nSPS) is 17.1. The lowest BCUT2D eigenvalue weighted by Gasteiger charge is -2.27. The van der Waals surface area contributed by atoms with Gasteiger partial charge in [-0.25, -0.2) is 8.42 Å². The van der Waals surface area contributed by atoms with Crippen molar-refractivity contribution in [2.75, 3.05) is 51.8 Å². The molecule has 2 amide bonds. The number of sulfonamides is 1. The predicted octanol–water partition coefficient (Wildman–Crippen LogP) is 2.20. The van der Waals surface area contributed by atoms with Crippen molar-refractivity contribution in [2.24, 2.45) is 0 Å². The molecule has 2 fully saturated rings. The van der Waals surface area contributed by atoms with E-state index in [4.69, 9.17) is 9.47 Å². The van der Waals surface area contributed by atoms with Crippen molar-refractivity contribution < 1.29 is 27.5 Å². The molecule has 10 heteroatoms. The molecule has 0 aliphatic carbocycles. The van der Waals surface area contributed by atoms with Gasteiger partial charge in [-0.05, 0) is 43.2 Å². The standard InChI is InChI=1S/C23H27N3O6S/c1-31-21-9-8-17(33(29,30)26-10-4-5-11-26)16-19(21)22(27)24-20-7-3-2-6-18(20)23(28)25-12-14-32-15-13-25/h2-3,6-9,16H,4-5,10-15H2,1H3,(H,24,27). The number of anilines is 1. The smallest absolute Gasteiger partial charge is 0.259 e. The molecule has 176 valence electrons. The minimum atomic E-state index is -3.70. The number of rotatable bonds is 6. The topological polar surface area (TPSA) is 105 Å². The second-order valence-corrected chi connectivity index (χ2v) is 9.82. The third kappa shape index (κ3) is 4.87. The number of amides is 2. The number of morpholine rings is 1. The van der Waals surface area contributed by atoms with Crippen LogP contribution in [0.3, 0.4) is 0 Å². The predicted molar refractivity (Wildman–Crippen MR) is 122 cm³/mol. The van der Waals surface area contributed by atoms with E-state index < -0.39 is 15.9 Å². The van der Waals surface area contributed by atoms with Crippen LogP contribution in [0.4, 0.5) is 5.69 Å². The van der Waals surface area contributed by atoms with E-state index in [0.717, 1.165) is 12.8 Å². The molecule has 0 spiro atoms. The number of nitrogens with one attached hydrogen (secondary N) is 1. The molecular formula is C23H27N3O6S. The first-order chi connectivity index (χ1) is 15.9. The van der Waals surface area contributed by atoms with Crippen molar-refractivity contribution in [3.05, 3.63) is 53.6 Å². The summed E-state index contributed by atoms with van der Waals surface area (Å²) in [6.45, 7) is 2.82. The monoisotopic (exact) mass is 473 g/mol. The fourth-order valence-electron chi connectivity index (χ4n) is 4.01. The molecule has 33 heavy (non-hydrogen) atoms. The number of methoxy groups -OCH3 is 1. The fourth-order valence-corrected chi connectivity index (χ4v) is 5.55. The fraction of sp³-hybridized carbons (Fsp3) is 0.391. The second kappa shape index (κ2) is 9.90. The van der Waals surface area contributed by atoms with Crippen LogP contribution in [-0.4, -0.2) is 75.9 Å². The Bertz CT molecular complexity index is 1140. The molecule has 9 nitrogen and oxygen atoms in total. The van der Waals surface area contributed by atoms with Crippen LogP contribution in [0.5, 0.6) is 5.75 Å². The van der Waals surface area contributed by atoms with Crippen molar-refractivity contribution in [3.63, 3.8) is 0 Å². The van der Waals surface area contributed by atoms with Crippen LogP contribution in [0.15, 0.2) is 47.4 Å². The molecule has 0 bridgehead atoms. The highest BCUT2D eigenvalue weighted by molar-refractivity contribution is 7.89.